The number of halogens is 1. The molecular weight excluding hydrogens is 377 g/mol. The normalized spacial score (nSPS) is 10.4. The third-order valence-electron chi connectivity index (χ3n) is 3.05. The van der Waals surface area contributed by atoms with E-state index in [1.807, 2.05) is 0 Å². The Bertz CT molecular complexity index is 691. The SMILES string of the molecule is Ic1cccc(NCc2cc(-c3ccccc3)cs2)c1. The van der Waals surface area contributed by atoms with Gasteiger partial charge in [0.25, 0.3) is 0 Å². The molecule has 0 saturated heterocycles. The summed E-state index contributed by atoms with van der Waals surface area (Å²) < 4.78 is 1.25. The molecule has 0 aliphatic heterocycles. The molecule has 0 aliphatic carbocycles. The Hall–Kier alpha value is -1.33. The molecule has 0 amide bonds. The van der Waals surface area contributed by atoms with Crippen LogP contribution in [0.1, 0.15) is 4.88 Å². The van der Waals surface area contributed by atoms with Gasteiger partial charge in [0.1, 0.15) is 0 Å². The molecule has 1 N–H and O–H groups in total. The summed E-state index contributed by atoms with van der Waals surface area (Å²) in [6.07, 6.45) is 0. The van der Waals surface area contributed by atoms with E-state index in [9.17, 15) is 0 Å². The molecule has 0 spiro atoms. The van der Waals surface area contributed by atoms with Crippen molar-refractivity contribution in [1.29, 1.82) is 0 Å². The zero-order valence-corrected chi connectivity index (χ0v) is 13.8. The lowest BCUT2D eigenvalue weighted by atomic mass is 10.1. The van der Waals surface area contributed by atoms with Gasteiger partial charge in [0.05, 0.1) is 0 Å². The van der Waals surface area contributed by atoms with Crippen molar-refractivity contribution in [3.8, 4) is 11.1 Å². The highest BCUT2D eigenvalue weighted by Gasteiger charge is 2.02. The molecule has 0 unspecified atom stereocenters. The van der Waals surface area contributed by atoms with E-state index in [1.165, 1.54) is 25.3 Å². The maximum Gasteiger partial charge on any atom is 0.0494 e. The highest BCUT2D eigenvalue weighted by atomic mass is 127. The Labute approximate surface area is 136 Å². The lowest BCUT2D eigenvalue weighted by molar-refractivity contribution is 1.19. The number of anilines is 1. The highest BCUT2D eigenvalue weighted by molar-refractivity contribution is 14.1. The molecule has 100 valence electrons. The van der Waals surface area contributed by atoms with Gasteiger partial charge in [-0.15, -0.1) is 11.3 Å². The maximum atomic E-state index is 3.47. The lowest BCUT2D eigenvalue weighted by Crippen LogP contribution is -1.97. The van der Waals surface area contributed by atoms with E-state index in [0.29, 0.717) is 0 Å². The molecule has 1 aromatic heterocycles. The van der Waals surface area contributed by atoms with Crippen LogP contribution in [-0.2, 0) is 6.54 Å². The molecule has 0 fully saturated rings. The van der Waals surface area contributed by atoms with E-state index in [1.54, 1.807) is 11.3 Å². The Balaban J connectivity index is 1.69. The Morgan fingerprint density at radius 3 is 2.55 bits per heavy atom. The van der Waals surface area contributed by atoms with Crippen molar-refractivity contribution in [2.24, 2.45) is 0 Å². The van der Waals surface area contributed by atoms with Crippen LogP contribution >= 0.6 is 33.9 Å². The van der Waals surface area contributed by atoms with Crippen LogP contribution in [0, 0.1) is 3.57 Å². The first kappa shape index (κ1) is 13.6. The van der Waals surface area contributed by atoms with Crippen LogP contribution < -0.4 is 5.32 Å². The molecule has 20 heavy (non-hydrogen) atoms. The summed E-state index contributed by atoms with van der Waals surface area (Å²) in [6, 6.07) is 21.2. The predicted molar refractivity (Wildman–Crippen MR) is 96.2 cm³/mol. The van der Waals surface area contributed by atoms with Crippen molar-refractivity contribution in [3.05, 3.63) is 74.5 Å². The van der Waals surface area contributed by atoms with Gasteiger partial charge >= 0.3 is 0 Å². The molecule has 2 aromatic carbocycles. The summed E-state index contributed by atoms with van der Waals surface area (Å²) in [5, 5.41) is 5.70. The molecule has 0 aliphatic rings. The quantitative estimate of drug-likeness (QED) is 0.569. The van der Waals surface area contributed by atoms with E-state index >= 15 is 0 Å². The van der Waals surface area contributed by atoms with Crippen LogP contribution in [0.15, 0.2) is 66.0 Å². The minimum atomic E-state index is 0.873. The van der Waals surface area contributed by atoms with Crippen molar-refractivity contribution in [1.82, 2.24) is 0 Å². The van der Waals surface area contributed by atoms with E-state index in [-0.39, 0.29) is 0 Å². The number of hydrogen-bond donors (Lipinski definition) is 1. The van der Waals surface area contributed by atoms with Crippen molar-refractivity contribution in [3.63, 3.8) is 0 Å². The highest BCUT2D eigenvalue weighted by Crippen LogP contribution is 2.26. The first-order chi connectivity index (χ1) is 9.81. The third-order valence-corrected chi connectivity index (χ3v) is 4.66. The van der Waals surface area contributed by atoms with Gasteiger partial charge in [-0.3, -0.25) is 0 Å². The van der Waals surface area contributed by atoms with Crippen LogP contribution in [0.25, 0.3) is 11.1 Å². The second-order valence-electron chi connectivity index (χ2n) is 4.53. The molecule has 3 rings (SSSR count). The molecule has 1 heterocycles. The first-order valence-corrected chi connectivity index (χ1v) is 8.39. The van der Waals surface area contributed by atoms with E-state index < -0.39 is 0 Å². The average molecular weight is 391 g/mol. The summed E-state index contributed by atoms with van der Waals surface area (Å²) in [5.41, 5.74) is 3.76. The zero-order chi connectivity index (χ0) is 13.8. The topological polar surface area (TPSA) is 12.0 Å². The molecule has 3 heteroatoms. The van der Waals surface area contributed by atoms with Gasteiger partial charge in [0.15, 0.2) is 0 Å². The van der Waals surface area contributed by atoms with Crippen LogP contribution in [0.3, 0.4) is 0 Å². The summed E-state index contributed by atoms with van der Waals surface area (Å²) >= 11 is 4.14. The summed E-state index contributed by atoms with van der Waals surface area (Å²) in [6.45, 7) is 0.873. The van der Waals surface area contributed by atoms with Crippen molar-refractivity contribution >= 4 is 39.6 Å². The fourth-order valence-electron chi connectivity index (χ4n) is 2.04. The fraction of sp³-hybridized carbons (Fsp3) is 0.0588. The number of hydrogen-bond acceptors (Lipinski definition) is 2. The number of thiophene rings is 1. The Morgan fingerprint density at radius 1 is 0.900 bits per heavy atom. The predicted octanol–water partition coefficient (Wildman–Crippen LogP) is 5.63. The lowest BCUT2D eigenvalue weighted by Gasteiger charge is -2.04. The minimum Gasteiger partial charge on any atom is -0.380 e. The largest absolute Gasteiger partial charge is 0.380 e. The van der Waals surface area contributed by atoms with Gasteiger partial charge in [-0.05, 0) is 63.4 Å². The van der Waals surface area contributed by atoms with Crippen molar-refractivity contribution in [2.75, 3.05) is 5.32 Å². The van der Waals surface area contributed by atoms with Crippen molar-refractivity contribution < 1.29 is 0 Å². The van der Waals surface area contributed by atoms with E-state index in [0.717, 1.165) is 6.54 Å². The Kier molecular flexibility index (Phi) is 4.38. The van der Waals surface area contributed by atoms with Crippen LogP contribution in [0.5, 0.6) is 0 Å². The average Bonchev–Trinajstić information content (AvgIpc) is 2.95. The summed E-state index contributed by atoms with van der Waals surface area (Å²) in [7, 11) is 0. The molecule has 0 atom stereocenters. The van der Waals surface area contributed by atoms with Gasteiger partial charge < -0.3 is 5.32 Å². The van der Waals surface area contributed by atoms with Crippen molar-refractivity contribution in [2.45, 2.75) is 6.54 Å². The van der Waals surface area contributed by atoms with Crippen LogP contribution in [0.2, 0.25) is 0 Å². The molecule has 0 saturated carbocycles. The van der Waals surface area contributed by atoms with Gasteiger partial charge in [-0.25, -0.2) is 0 Å². The number of benzene rings is 2. The monoisotopic (exact) mass is 391 g/mol. The van der Waals surface area contributed by atoms with Crippen LogP contribution in [-0.4, -0.2) is 0 Å². The first-order valence-electron chi connectivity index (χ1n) is 6.43. The molecule has 0 radical (unpaired) electrons. The van der Waals surface area contributed by atoms with E-state index in [4.69, 9.17) is 0 Å². The second-order valence-corrected chi connectivity index (χ2v) is 6.77. The van der Waals surface area contributed by atoms with E-state index in [2.05, 4.69) is 94.0 Å². The molecule has 3 aromatic rings. The third kappa shape index (κ3) is 3.41. The maximum absolute atomic E-state index is 3.47. The molecule has 0 bridgehead atoms. The zero-order valence-electron chi connectivity index (χ0n) is 10.8. The smallest absolute Gasteiger partial charge is 0.0494 e. The van der Waals surface area contributed by atoms with Crippen LogP contribution in [0.4, 0.5) is 5.69 Å². The number of nitrogens with one attached hydrogen (secondary N) is 1. The minimum absolute atomic E-state index is 0.873. The second kappa shape index (κ2) is 6.41. The Morgan fingerprint density at radius 2 is 1.75 bits per heavy atom. The number of rotatable bonds is 4. The van der Waals surface area contributed by atoms with Gasteiger partial charge in [0.2, 0.25) is 0 Å². The molecular formula is C17H14INS. The molecule has 1 nitrogen and oxygen atoms in total. The van der Waals surface area contributed by atoms with Gasteiger partial charge in [-0.2, -0.15) is 0 Å². The van der Waals surface area contributed by atoms with Gasteiger partial charge in [-0.1, -0.05) is 36.4 Å². The summed E-state index contributed by atoms with van der Waals surface area (Å²) in [4.78, 5) is 1.35. The van der Waals surface area contributed by atoms with Gasteiger partial charge in [0, 0.05) is 20.7 Å². The standard InChI is InChI=1S/C17H14INS/c18-15-7-4-8-16(10-15)19-11-17-9-14(12-20-17)13-5-2-1-3-6-13/h1-10,12,19H,11H2. The summed E-state index contributed by atoms with van der Waals surface area (Å²) in [5.74, 6) is 0. The fourth-order valence-corrected chi connectivity index (χ4v) is 3.42.